The standard InChI is InChI=1S/C21H24ClFN2O3/c1-20(14-2-3-16(23)15(22)6-14)10-25(19(28)24-20)17-12-4-11-5-13(17)9-21(7-11,8-12)18(26)27/h2-3,6,11-13,17H,4-5,7-10H2,1H3,(H,24,28)(H,26,27). The van der Waals surface area contributed by atoms with Crippen molar-refractivity contribution in [3.8, 4) is 0 Å². The van der Waals surface area contributed by atoms with Gasteiger partial charge in [-0.05, 0) is 74.5 Å². The number of urea groups is 1. The molecule has 0 spiro atoms. The Hall–Kier alpha value is -1.82. The summed E-state index contributed by atoms with van der Waals surface area (Å²) in [4.78, 5) is 26.8. The van der Waals surface area contributed by atoms with Crippen LogP contribution in [0, 0.1) is 29.0 Å². The van der Waals surface area contributed by atoms with E-state index in [0.29, 0.717) is 25.3 Å². The fourth-order valence-electron chi connectivity index (χ4n) is 6.77. The zero-order valence-electron chi connectivity index (χ0n) is 15.8. The highest BCUT2D eigenvalue weighted by Gasteiger charge is 2.61. The second-order valence-corrected chi connectivity index (χ2v) is 9.97. The SMILES string of the molecule is CC1(c2ccc(F)c(Cl)c2)CN(C2C3CC4CC2CC(C(=O)O)(C4)C3)C(=O)N1. The van der Waals surface area contributed by atoms with Gasteiger partial charge in [0.25, 0.3) is 0 Å². The zero-order chi connectivity index (χ0) is 19.8. The first kappa shape index (κ1) is 18.2. The number of hydrogen-bond donors (Lipinski definition) is 2. The third-order valence-corrected chi connectivity index (χ3v) is 8.01. The summed E-state index contributed by atoms with van der Waals surface area (Å²) in [5.41, 5.74) is -0.453. The number of nitrogens with zero attached hydrogens (tertiary/aromatic N) is 1. The summed E-state index contributed by atoms with van der Waals surface area (Å²) in [6.45, 7) is 2.42. The van der Waals surface area contributed by atoms with E-state index in [-0.39, 0.29) is 28.9 Å². The van der Waals surface area contributed by atoms with Gasteiger partial charge in [0.15, 0.2) is 0 Å². The monoisotopic (exact) mass is 406 g/mol. The van der Waals surface area contributed by atoms with Gasteiger partial charge in [0.2, 0.25) is 0 Å². The summed E-state index contributed by atoms with van der Waals surface area (Å²) >= 11 is 5.96. The largest absolute Gasteiger partial charge is 0.481 e. The van der Waals surface area contributed by atoms with Gasteiger partial charge in [0.05, 0.1) is 16.0 Å². The van der Waals surface area contributed by atoms with Crippen LogP contribution in [0.15, 0.2) is 18.2 Å². The van der Waals surface area contributed by atoms with E-state index in [0.717, 1.165) is 24.8 Å². The number of hydrogen-bond acceptors (Lipinski definition) is 2. The maximum atomic E-state index is 13.6. The summed E-state index contributed by atoms with van der Waals surface area (Å²) in [5.74, 6) is -0.186. The molecule has 5 fully saturated rings. The maximum Gasteiger partial charge on any atom is 0.318 e. The summed E-state index contributed by atoms with van der Waals surface area (Å²) in [6, 6.07) is 4.54. The number of amides is 2. The first-order valence-corrected chi connectivity index (χ1v) is 10.4. The Morgan fingerprint density at radius 1 is 1.29 bits per heavy atom. The van der Waals surface area contributed by atoms with E-state index < -0.39 is 22.7 Å². The number of benzene rings is 1. The topological polar surface area (TPSA) is 69.6 Å². The molecular formula is C21H24ClFN2O3. The Balaban J connectivity index is 1.43. The highest BCUT2D eigenvalue weighted by atomic mass is 35.5. The van der Waals surface area contributed by atoms with E-state index in [1.54, 1.807) is 12.1 Å². The Labute approximate surface area is 168 Å². The van der Waals surface area contributed by atoms with Gasteiger partial charge >= 0.3 is 12.0 Å². The van der Waals surface area contributed by atoms with Crippen molar-refractivity contribution in [1.29, 1.82) is 0 Å². The molecule has 1 aliphatic heterocycles. The third-order valence-electron chi connectivity index (χ3n) is 7.72. The lowest BCUT2D eigenvalue weighted by atomic mass is 9.47. The van der Waals surface area contributed by atoms with Gasteiger partial charge in [-0.25, -0.2) is 9.18 Å². The number of carboxylic acid groups (broad SMARTS) is 1. The molecule has 1 aromatic carbocycles. The lowest BCUT2D eigenvalue weighted by Crippen LogP contribution is -2.61. The first-order valence-electron chi connectivity index (χ1n) is 9.98. The molecule has 7 heteroatoms. The molecule has 1 saturated heterocycles. The minimum absolute atomic E-state index is 0.0458. The predicted molar refractivity (Wildman–Crippen MR) is 101 cm³/mol. The number of nitrogens with one attached hydrogen (secondary N) is 1. The molecule has 0 aromatic heterocycles. The van der Waals surface area contributed by atoms with Crippen LogP contribution in [0.25, 0.3) is 0 Å². The molecule has 2 amide bonds. The number of halogens is 2. The van der Waals surface area contributed by atoms with Crippen LogP contribution in [0.5, 0.6) is 0 Å². The van der Waals surface area contributed by atoms with Gasteiger partial charge in [-0.3, -0.25) is 4.79 Å². The third kappa shape index (κ3) is 2.49. The van der Waals surface area contributed by atoms with Crippen molar-refractivity contribution in [3.63, 3.8) is 0 Å². The molecule has 3 atom stereocenters. The highest BCUT2D eigenvalue weighted by Crippen LogP contribution is 2.61. The molecule has 6 rings (SSSR count). The maximum absolute atomic E-state index is 13.6. The average molecular weight is 407 g/mol. The van der Waals surface area contributed by atoms with E-state index >= 15 is 0 Å². The molecule has 5 aliphatic rings. The predicted octanol–water partition coefficient (Wildman–Crippen LogP) is 4.00. The van der Waals surface area contributed by atoms with Gasteiger partial charge in [0, 0.05) is 12.6 Å². The van der Waals surface area contributed by atoms with Gasteiger partial charge in [0.1, 0.15) is 5.82 Å². The van der Waals surface area contributed by atoms with E-state index in [1.165, 1.54) is 6.07 Å². The van der Waals surface area contributed by atoms with Gasteiger partial charge in [-0.1, -0.05) is 17.7 Å². The van der Waals surface area contributed by atoms with Crippen molar-refractivity contribution in [2.75, 3.05) is 6.54 Å². The fraction of sp³-hybridized carbons (Fsp3) is 0.619. The van der Waals surface area contributed by atoms with Crippen LogP contribution in [0.4, 0.5) is 9.18 Å². The molecule has 4 aliphatic carbocycles. The van der Waals surface area contributed by atoms with Crippen LogP contribution in [0.3, 0.4) is 0 Å². The molecule has 0 radical (unpaired) electrons. The molecule has 28 heavy (non-hydrogen) atoms. The second kappa shape index (κ2) is 5.85. The van der Waals surface area contributed by atoms with Crippen LogP contribution in [0.2, 0.25) is 5.02 Å². The number of carboxylic acids is 1. The van der Waals surface area contributed by atoms with Crippen LogP contribution in [0.1, 0.15) is 44.6 Å². The Bertz CT molecular complexity index is 861. The van der Waals surface area contributed by atoms with Crippen molar-refractivity contribution in [2.45, 2.75) is 50.6 Å². The quantitative estimate of drug-likeness (QED) is 0.797. The lowest BCUT2D eigenvalue weighted by molar-refractivity contribution is -0.170. The van der Waals surface area contributed by atoms with Crippen LogP contribution < -0.4 is 5.32 Å². The van der Waals surface area contributed by atoms with E-state index in [1.807, 2.05) is 11.8 Å². The molecular weight excluding hydrogens is 383 g/mol. The van der Waals surface area contributed by atoms with Crippen LogP contribution in [-0.2, 0) is 10.3 Å². The normalized spacial score (nSPS) is 41.4. The van der Waals surface area contributed by atoms with Gasteiger partial charge in [-0.15, -0.1) is 0 Å². The zero-order valence-corrected chi connectivity index (χ0v) is 16.5. The fourth-order valence-corrected chi connectivity index (χ4v) is 6.95. The lowest BCUT2D eigenvalue weighted by Gasteiger charge is -2.59. The van der Waals surface area contributed by atoms with E-state index in [4.69, 9.17) is 11.6 Å². The van der Waals surface area contributed by atoms with Crippen LogP contribution >= 0.6 is 11.6 Å². The van der Waals surface area contributed by atoms with E-state index in [9.17, 15) is 19.1 Å². The summed E-state index contributed by atoms with van der Waals surface area (Å²) in [7, 11) is 0. The minimum Gasteiger partial charge on any atom is -0.481 e. The molecule has 4 saturated carbocycles. The van der Waals surface area contributed by atoms with Gasteiger partial charge < -0.3 is 15.3 Å². The Morgan fingerprint density at radius 3 is 2.57 bits per heavy atom. The Morgan fingerprint density at radius 2 is 1.96 bits per heavy atom. The number of rotatable bonds is 3. The first-order chi connectivity index (χ1) is 13.2. The molecule has 3 unspecified atom stereocenters. The smallest absolute Gasteiger partial charge is 0.318 e. The highest BCUT2D eigenvalue weighted by molar-refractivity contribution is 6.30. The minimum atomic E-state index is -0.665. The summed E-state index contributed by atoms with van der Waals surface area (Å²) < 4.78 is 13.6. The van der Waals surface area contributed by atoms with Gasteiger partial charge in [-0.2, -0.15) is 0 Å². The van der Waals surface area contributed by atoms with Crippen molar-refractivity contribution >= 4 is 23.6 Å². The summed E-state index contributed by atoms with van der Waals surface area (Å²) in [6.07, 6.45) is 4.16. The van der Waals surface area contributed by atoms with Crippen molar-refractivity contribution in [2.24, 2.45) is 23.2 Å². The second-order valence-electron chi connectivity index (χ2n) is 9.57. The summed E-state index contributed by atoms with van der Waals surface area (Å²) in [5, 5.41) is 12.9. The molecule has 2 N–H and O–H groups in total. The van der Waals surface area contributed by atoms with Crippen molar-refractivity contribution in [3.05, 3.63) is 34.6 Å². The molecule has 4 bridgehead atoms. The number of carbonyl (C=O) groups is 2. The van der Waals surface area contributed by atoms with Crippen molar-refractivity contribution in [1.82, 2.24) is 10.2 Å². The molecule has 5 nitrogen and oxygen atoms in total. The number of aliphatic carboxylic acids is 1. The van der Waals surface area contributed by atoms with E-state index in [2.05, 4.69) is 5.32 Å². The molecule has 1 heterocycles. The number of carbonyl (C=O) groups excluding carboxylic acids is 1. The molecule has 150 valence electrons. The molecule has 1 aromatic rings. The van der Waals surface area contributed by atoms with Crippen LogP contribution in [-0.4, -0.2) is 34.6 Å². The average Bonchev–Trinajstić information content (AvgIpc) is 2.92. The van der Waals surface area contributed by atoms with Crippen molar-refractivity contribution < 1.29 is 19.1 Å². The Kier molecular flexibility index (Phi) is 3.81.